The third kappa shape index (κ3) is 6.26. The Balaban J connectivity index is 1.57. The standard InChI is InChI=1S/C23H23ClN2O5/c1-16-23(31-15-22(28)25-18-5-3-4-17(24)14-18)21(27)10-11-26(16)12-13-30-20-8-6-19(29-2)7-9-20/h3-11,14H,12-13,15H2,1-2H3,(H,25,28). The van der Waals surface area contributed by atoms with Crippen molar-refractivity contribution in [2.75, 3.05) is 25.6 Å². The zero-order valence-electron chi connectivity index (χ0n) is 17.3. The zero-order chi connectivity index (χ0) is 22.2. The predicted octanol–water partition coefficient (Wildman–Crippen LogP) is 3.92. The van der Waals surface area contributed by atoms with Gasteiger partial charge in [0.1, 0.15) is 18.1 Å². The van der Waals surface area contributed by atoms with Crippen LogP contribution in [0.2, 0.25) is 5.02 Å². The maximum absolute atomic E-state index is 12.2. The molecule has 162 valence electrons. The summed E-state index contributed by atoms with van der Waals surface area (Å²) in [7, 11) is 1.61. The quantitative estimate of drug-likeness (QED) is 0.543. The molecule has 8 heteroatoms. The van der Waals surface area contributed by atoms with E-state index in [1.54, 1.807) is 44.5 Å². The number of halogens is 1. The SMILES string of the molecule is COc1ccc(OCCn2ccc(=O)c(OCC(=O)Nc3cccc(Cl)c3)c2C)cc1. The minimum atomic E-state index is -0.390. The lowest BCUT2D eigenvalue weighted by Gasteiger charge is -2.15. The number of rotatable bonds is 9. The summed E-state index contributed by atoms with van der Waals surface area (Å²) in [6.07, 6.45) is 1.67. The van der Waals surface area contributed by atoms with Crippen molar-refractivity contribution in [3.05, 3.63) is 81.7 Å². The van der Waals surface area contributed by atoms with Gasteiger partial charge in [0.2, 0.25) is 5.43 Å². The highest BCUT2D eigenvalue weighted by atomic mass is 35.5. The maximum atomic E-state index is 12.2. The Bertz CT molecular complexity index is 1100. The van der Waals surface area contributed by atoms with Gasteiger partial charge in [-0.2, -0.15) is 0 Å². The predicted molar refractivity (Wildman–Crippen MR) is 120 cm³/mol. The van der Waals surface area contributed by atoms with E-state index in [1.807, 2.05) is 28.8 Å². The van der Waals surface area contributed by atoms with Crippen molar-refractivity contribution < 1.29 is 19.0 Å². The molecule has 0 aliphatic rings. The molecule has 0 atom stereocenters. The first-order valence-corrected chi connectivity index (χ1v) is 9.99. The molecule has 0 fully saturated rings. The van der Waals surface area contributed by atoms with E-state index < -0.39 is 0 Å². The number of nitrogens with zero attached hydrogens (tertiary/aromatic N) is 1. The van der Waals surface area contributed by atoms with E-state index >= 15 is 0 Å². The molecule has 7 nitrogen and oxygen atoms in total. The summed E-state index contributed by atoms with van der Waals surface area (Å²) in [6.45, 7) is 2.36. The third-order valence-corrected chi connectivity index (χ3v) is 4.74. The molecule has 1 amide bonds. The molecular formula is C23H23ClN2O5. The number of methoxy groups -OCH3 is 1. The van der Waals surface area contributed by atoms with Gasteiger partial charge in [-0.1, -0.05) is 17.7 Å². The number of pyridine rings is 1. The van der Waals surface area contributed by atoms with Crippen molar-refractivity contribution in [2.45, 2.75) is 13.5 Å². The Labute approximate surface area is 185 Å². The first kappa shape index (κ1) is 22.2. The summed E-state index contributed by atoms with van der Waals surface area (Å²) in [5.41, 5.74) is 0.876. The van der Waals surface area contributed by atoms with Crippen LogP contribution in [0.1, 0.15) is 5.69 Å². The number of carbonyl (C=O) groups is 1. The minimum Gasteiger partial charge on any atom is -0.497 e. The Kier molecular flexibility index (Phi) is 7.56. The fraction of sp³-hybridized carbons (Fsp3) is 0.217. The summed E-state index contributed by atoms with van der Waals surface area (Å²) in [5.74, 6) is 1.21. The molecule has 2 aromatic carbocycles. The first-order chi connectivity index (χ1) is 15.0. The highest BCUT2D eigenvalue weighted by molar-refractivity contribution is 6.30. The number of benzene rings is 2. The van der Waals surface area contributed by atoms with Gasteiger partial charge in [-0.15, -0.1) is 0 Å². The van der Waals surface area contributed by atoms with Crippen molar-refractivity contribution in [3.63, 3.8) is 0 Å². The van der Waals surface area contributed by atoms with E-state index in [0.29, 0.717) is 35.3 Å². The van der Waals surface area contributed by atoms with Crippen LogP contribution >= 0.6 is 11.6 Å². The molecule has 0 saturated heterocycles. The monoisotopic (exact) mass is 442 g/mol. The van der Waals surface area contributed by atoms with Crippen LogP contribution in [-0.2, 0) is 11.3 Å². The summed E-state index contributed by atoms with van der Waals surface area (Å²) in [6, 6.07) is 15.5. The van der Waals surface area contributed by atoms with Gasteiger partial charge in [0.05, 0.1) is 19.3 Å². The normalized spacial score (nSPS) is 10.4. The van der Waals surface area contributed by atoms with Crippen LogP contribution in [-0.4, -0.2) is 30.8 Å². The van der Waals surface area contributed by atoms with Crippen LogP contribution in [0.3, 0.4) is 0 Å². The summed E-state index contributed by atoms with van der Waals surface area (Å²) in [4.78, 5) is 24.4. The molecule has 3 rings (SSSR count). The Morgan fingerprint density at radius 2 is 1.81 bits per heavy atom. The molecule has 0 unspecified atom stereocenters. The molecule has 0 bridgehead atoms. The van der Waals surface area contributed by atoms with Crippen molar-refractivity contribution in [1.29, 1.82) is 0 Å². The molecule has 31 heavy (non-hydrogen) atoms. The van der Waals surface area contributed by atoms with E-state index in [9.17, 15) is 9.59 Å². The van der Waals surface area contributed by atoms with Gasteiger partial charge in [0.25, 0.3) is 5.91 Å². The second-order valence-electron chi connectivity index (χ2n) is 6.66. The van der Waals surface area contributed by atoms with Crippen LogP contribution in [0.5, 0.6) is 17.2 Å². The van der Waals surface area contributed by atoms with E-state index in [4.69, 9.17) is 25.8 Å². The smallest absolute Gasteiger partial charge is 0.262 e. The average Bonchev–Trinajstić information content (AvgIpc) is 2.75. The van der Waals surface area contributed by atoms with E-state index in [-0.39, 0.29) is 23.7 Å². The summed E-state index contributed by atoms with van der Waals surface area (Å²) < 4.78 is 18.2. The van der Waals surface area contributed by atoms with Gasteiger partial charge in [0.15, 0.2) is 12.4 Å². The summed E-state index contributed by atoms with van der Waals surface area (Å²) in [5, 5.41) is 3.19. The highest BCUT2D eigenvalue weighted by Crippen LogP contribution is 2.18. The minimum absolute atomic E-state index is 0.133. The van der Waals surface area contributed by atoms with E-state index in [1.165, 1.54) is 6.07 Å². The van der Waals surface area contributed by atoms with E-state index in [2.05, 4.69) is 5.32 Å². The van der Waals surface area contributed by atoms with Gasteiger partial charge < -0.3 is 24.1 Å². The van der Waals surface area contributed by atoms with Gasteiger partial charge in [-0.3, -0.25) is 9.59 Å². The highest BCUT2D eigenvalue weighted by Gasteiger charge is 2.12. The third-order valence-electron chi connectivity index (χ3n) is 4.51. The molecular weight excluding hydrogens is 420 g/mol. The van der Waals surface area contributed by atoms with Gasteiger partial charge in [-0.25, -0.2) is 0 Å². The molecule has 0 aliphatic carbocycles. The molecule has 0 spiro atoms. The van der Waals surface area contributed by atoms with Gasteiger partial charge in [0, 0.05) is 23.0 Å². The molecule has 0 radical (unpaired) electrons. The number of carbonyl (C=O) groups excluding carboxylic acids is 1. The number of hydrogen-bond acceptors (Lipinski definition) is 5. The Hall–Kier alpha value is -3.45. The number of aromatic nitrogens is 1. The fourth-order valence-corrected chi connectivity index (χ4v) is 3.10. The van der Waals surface area contributed by atoms with Crippen LogP contribution in [0.25, 0.3) is 0 Å². The van der Waals surface area contributed by atoms with Crippen LogP contribution in [0, 0.1) is 6.92 Å². The zero-order valence-corrected chi connectivity index (χ0v) is 18.0. The van der Waals surface area contributed by atoms with Gasteiger partial charge >= 0.3 is 0 Å². The topological polar surface area (TPSA) is 78.8 Å². The molecule has 3 aromatic rings. The molecule has 1 heterocycles. The van der Waals surface area contributed by atoms with Crippen LogP contribution in [0.15, 0.2) is 65.6 Å². The van der Waals surface area contributed by atoms with Crippen LogP contribution < -0.4 is 25.0 Å². The molecule has 1 aromatic heterocycles. The van der Waals surface area contributed by atoms with Crippen molar-refractivity contribution >= 4 is 23.2 Å². The molecule has 0 saturated carbocycles. The lowest BCUT2D eigenvalue weighted by atomic mass is 10.3. The van der Waals surface area contributed by atoms with Crippen LogP contribution in [0.4, 0.5) is 5.69 Å². The second kappa shape index (κ2) is 10.5. The van der Waals surface area contributed by atoms with Crippen molar-refractivity contribution in [3.8, 4) is 17.2 Å². The summed E-state index contributed by atoms with van der Waals surface area (Å²) >= 11 is 5.91. The maximum Gasteiger partial charge on any atom is 0.262 e. The Morgan fingerprint density at radius 3 is 2.52 bits per heavy atom. The van der Waals surface area contributed by atoms with Crippen molar-refractivity contribution in [2.24, 2.45) is 0 Å². The van der Waals surface area contributed by atoms with Gasteiger partial charge in [-0.05, 0) is 49.4 Å². The lowest BCUT2D eigenvalue weighted by Crippen LogP contribution is -2.24. The Morgan fingerprint density at radius 1 is 1.06 bits per heavy atom. The number of amides is 1. The van der Waals surface area contributed by atoms with E-state index in [0.717, 1.165) is 5.75 Å². The second-order valence-corrected chi connectivity index (χ2v) is 7.10. The van der Waals surface area contributed by atoms with Crippen molar-refractivity contribution in [1.82, 2.24) is 4.57 Å². The largest absolute Gasteiger partial charge is 0.497 e. The first-order valence-electron chi connectivity index (χ1n) is 9.61. The number of ether oxygens (including phenoxy) is 3. The average molecular weight is 443 g/mol. The lowest BCUT2D eigenvalue weighted by molar-refractivity contribution is -0.118. The fourth-order valence-electron chi connectivity index (χ4n) is 2.91. The number of hydrogen-bond donors (Lipinski definition) is 1. The number of nitrogens with one attached hydrogen (secondary N) is 1. The number of anilines is 1. The molecule has 0 aliphatic heterocycles. The molecule has 1 N–H and O–H groups in total.